The van der Waals surface area contributed by atoms with Crippen LogP contribution in [0.5, 0.6) is 0 Å². The molecule has 66 valence electrons. The Morgan fingerprint density at radius 1 is 0.846 bits per heavy atom. The summed E-state index contributed by atoms with van der Waals surface area (Å²) in [6.07, 6.45) is 3.67. The Bertz CT molecular complexity index is 461. The average molecular weight is 172 g/mol. The number of hydrogen-bond acceptors (Lipinski definition) is 2. The van der Waals surface area contributed by atoms with Gasteiger partial charge in [0.1, 0.15) is 0 Å². The third-order valence-electron chi connectivity index (χ3n) is 2.58. The summed E-state index contributed by atoms with van der Waals surface area (Å²) in [5.74, 6) is 0. The molecule has 0 saturated carbocycles. The van der Waals surface area contributed by atoms with Crippen LogP contribution in [0, 0.1) is 20.8 Å². The van der Waals surface area contributed by atoms with Crippen molar-refractivity contribution in [2.45, 2.75) is 20.8 Å². The van der Waals surface area contributed by atoms with E-state index >= 15 is 0 Å². The molecule has 0 aliphatic heterocycles. The summed E-state index contributed by atoms with van der Waals surface area (Å²) in [6, 6.07) is 2.19. The molecule has 0 amide bonds. The van der Waals surface area contributed by atoms with Crippen molar-refractivity contribution in [2.75, 3.05) is 0 Å². The van der Waals surface area contributed by atoms with Gasteiger partial charge in [0.25, 0.3) is 0 Å². The molecule has 0 bridgehead atoms. The molecule has 2 nitrogen and oxygen atoms in total. The molecule has 1 aromatic carbocycles. The normalized spacial score (nSPS) is 10.7. The van der Waals surface area contributed by atoms with Gasteiger partial charge in [0, 0.05) is 10.8 Å². The van der Waals surface area contributed by atoms with Crippen molar-refractivity contribution in [3.8, 4) is 0 Å². The van der Waals surface area contributed by atoms with E-state index in [9.17, 15) is 0 Å². The lowest BCUT2D eigenvalue weighted by Crippen LogP contribution is -1.90. The molecule has 0 aliphatic rings. The van der Waals surface area contributed by atoms with Gasteiger partial charge in [0.2, 0.25) is 0 Å². The second kappa shape index (κ2) is 2.80. The average Bonchev–Trinajstić information content (AvgIpc) is 2.15. The minimum atomic E-state index is 1.21. The Labute approximate surface area is 77.6 Å². The predicted molar refractivity (Wildman–Crippen MR) is 53.7 cm³/mol. The number of aryl methyl sites for hydroxylation is 3. The number of fused-ring (bicyclic) bond motifs is 1. The molecule has 2 heteroatoms. The number of hydrogen-bond donors (Lipinski definition) is 0. The summed E-state index contributed by atoms with van der Waals surface area (Å²) in [5.41, 5.74) is 3.89. The zero-order chi connectivity index (χ0) is 9.42. The second-order valence-electron chi connectivity index (χ2n) is 3.45. The molecule has 0 radical (unpaired) electrons. The lowest BCUT2D eigenvalue weighted by molar-refractivity contribution is 1.05. The highest BCUT2D eigenvalue weighted by atomic mass is 15.1. The molecule has 0 aliphatic carbocycles. The molecule has 2 aromatic rings. The third kappa shape index (κ3) is 1.18. The van der Waals surface area contributed by atoms with Gasteiger partial charge in [0.05, 0.1) is 12.4 Å². The van der Waals surface area contributed by atoms with Crippen molar-refractivity contribution in [1.29, 1.82) is 0 Å². The van der Waals surface area contributed by atoms with Crippen molar-refractivity contribution in [3.05, 3.63) is 35.2 Å². The summed E-state index contributed by atoms with van der Waals surface area (Å²) in [7, 11) is 0. The minimum absolute atomic E-state index is 1.21. The lowest BCUT2D eigenvalue weighted by atomic mass is 9.99. The van der Waals surface area contributed by atoms with Crippen LogP contribution in [0.25, 0.3) is 10.8 Å². The van der Waals surface area contributed by atoms with Gasteiger partial charge in [-0.2, -0.15) is 10.2 Å². The SMILES string of the molecule is Cc1cc(C)c2cnncc2c1C. The summed E-state index contributed by atoms with van der Waals surface area (Å²) >= 11 is 0. The highest BCUT2D eigenvalue weighted by molar-refractivity contribution is 5.87. The lowest BCUT2D eigenvalue weighted by Gasteiger charge is -2.07. The first-order valence-electron chi connectivity index (χ1n) is 4.37. The maximum absolute atomic E-state index is 3.91. The van der Waals surface area contributed by atoms with Crippen molar-refractivity contribution < 1.29 is 0 Å². The zero-order valence-corrected chi connectivity index (χ0v) is 8.13. The largest absolute Gasteiger partial charge is 0.158 e. The van der Waals surface area contributed by atoms with E-state index < -0.39 is 0 Å². The van der Waals surface area contributed by atoms with E-state index in [1.165, 1.54) is 27.5 Å². The van der Waals surface area contributed by atoms with Gasteiger partial charge in [-0.15, -0.1) is 0 Å². The fourth-order valence-electron chi connectivity index (χ4n) is 1.66. The monoisotopic (exact) mass is 172 g/mol. The first-order valence-corrected chi connectivity index (χ1v) is 4.37. The quantitative estimate of drug-likeness (QED) is 0.610. The molecular weight excluding hydrogens is 160 g/mol. The van der Waals surface area contributed by atoms with E-state index in [0.29, 0.717) is 0 Å². The van der Waals surface area contributed by atoms with Crippen molar-refractivity contribution in [1.82, 2.24) is 10.2 Å². The van der Waals surface area contributed by atoms with E-state index in [1.54, 1.807) is 0 Å². The van der Waals surface area contributed by atoms with Crippen LogP contribution in [0.4, 0.5) is 0 Å². The maximum Gasteiger partial charge on any atom is 0.0577 e. The van der Waals surface area contributed by atoms with Gasteiger partial charge in [-0.1, -0.05) is 6.07 Å². The molecule has 0 atom stereocenters. The van der Waals surface area contributed by atoms with Crippen molar-refractivity contribution in [3.63, 3.8) is 0 Å². The Morgan fingerprint density at radius 2 is 1.46 bits per heavy atom. The summed E-state index contributed by atoms with van der Waals surface area (Å²) in [5, 5.41) is 10.2. The van der Waals surface area contributed by atoms with Gasteiger partial charge in [-0.25, -0.2) is 0 Å². The van der Waals surface area contributed by atoms with Crippen LogP contribution in [0.1, 0.15) is 16.7 Å². The molecule has 0 spiro atoms. The molecule has 1 heterocycles. The van der Waals surface area contributed by atoms with E-state index in [4.69, 9.17) is 0 Å². The molecule has 0 N–H and O–H groups in total. The fourth-order valence-corrected chi connectivity index (χ4v) is 1.66. The molecule has 0 saturated heterocycles. The first-order chi connectivity index (χ1) is 6.20. The van der Waals surface area contributed by atoms with Gasteiger partial charge < -0.3 is 0 Å². The zero-order valence-electron chi connectivity index (χ0n) is 8.13. The van der Waals surface area contributed by atoms with Crippen LogP contribution in [-0.2, 0) is 0 Å². The first kappa shape index (κ1) is 8.17. The third-order valence-corrected chi connectivity index (χ3v) is 2.58. The van der Waals surface area contributed by atoms with Crippen LogP contribution in [0.15, 0.2) is 18.5 Å². The number of aromatic nitrogens is 2. The molecule has 13 heavy (non-hydrogen) atoms. The molecular formula is C11H12N2. The number of benzene rings is 1. The van der Waals surface area contributed by atoms with Gasteiger partial charge in [-0.3, -0.25) is 0 Å². The van der Waals surface area contributed by atoms with E-state index in [0.717, 1.165) is 0 Å². The smallest absolute Gasteiger partial charge is 0.0577 e. The summed E-state index contributed by atoms with van der Waals surface area (Å²) in [6.45, 7) is 6.36. The molecule has 0 fully saturated rings. The standard InChI is InChI=1S/C11H12N2/c1-7-4-8(2)10-5-12-13-6-11(10)9(7)3/h4-6H,1-3H3. The van der Waals surface area contributed by atoms with Gasteiger partial charge in [-0.05, 0) is 37.5 Å². The topological polar surface area (TPSA) is 25.8 Å². The van der Waals surface area contributed by atoms with E-state index in [2.05, 4.69) is 37.0 Å². The maximum atomic E-state index is 3.91. The van der Waals surface area contributed by atoms with Gasteiger partial charge >= 0.3 is 0 Å². The van der Waals surface area contributed by atoms with E-state index in [-0.39, 0.29) is 0 Å². The van der Waals surface area contributed by atoms with Crippen LogP contribution < -0.4 is 0 Å². The Kier molecular flexibility index (Phi) is 1.76. The van der Waals surface area contributed by atoms with Crippen molar-refractivity contribution in [2.24, 2.45) is 0 Å². The minimum Gasteiger partial charge on any atom is -0.158 e. The number of rotatable bonds is 0. The van der Waals surface area contributed by atoms with Crippen LogP contribution in [0.3, 0.4) is 0 Å². The molecule has 0 unspecified atom stereocenters. The Hall–Kier alpha value is -1.44. The highest BCUT2D eigenvalue weighted by Crippen LogP contribution is 2.22. The van der Waals surface area contributed by atoms with Gasteiger partial charge in [0.15, 0.2) is 0 Å². The fraction of sp³-hybridized carbons (Fsp3) is 0.273. The van der Waals surface area contributed by atoms with Crippen molar-refractivity contribution >= 4 is 10.8 Å². The van der Waals surface area contributed by atoms with Crippen LogP contribution >= 0.6 is 0 Å². The Morgan fingerprint density at radius 3 is 2.15 bits per heavy atom. The van der Waals surface area contributed by atoms with Crippen LogP contribution in [-0.4, -0.2) is 10.2 Å². The Balaban J connectivity index is 2.97. The predicted octanol–water partition coefficient (Wildman–Crippen LogP) is 2.56. The second-order valence-corrected chi connectivity index (χ2v) is 3.45. The number of nitrogens with zero attached hydrogens (tertiary/aromatic N) is 2. The molecule has 1 aromatic heterocycles. The van der Waals surface area contributed by atoms with E-state index in [1.807, 2.05) is 12.4 Å². The molecule has 2 rings (SSSR count). The highest BCUT2D eigenvalue weighted by Gasteiger charge is 2.03. The summed E-state index contributed by atoms with van der Waals surface area (Å²) in [4.78, 5) is 0. The summed E-state index contributed by atoms with van der Waals surface area (Å²) < 4.78 is 0. The van der Waals surface area contributed by atoms with Crippen LogP contribution in [0.2, 0.25) is 0 Å².